The minimum absolute atomic E-state index is 0.578. The number of rotatable bonds is 4. The van der Waals surface area contributed by atoms with Crippen LogP contribution in [0.4, 0.5) is 0 Å². The van der Waals surface area contributed by atoms with Gasteiger partial charge in [0.2, 0.25) is 0 Å². The summed E-state index contributed by atoms with van der Waals surface area (Å²) < 4.78 is 0. The highest BCUT2D eigenvalue weighted by molar-refractivity contribution is 5.16. The van der Waals surface area contributed by atoms with Crippen LogP contribution >= 0.6 is 0 Å². The molecule has 1 aromatic rings. The first kappa shape index (κ1) is 13.3. The van der Waals surface area contributed by atoms with Crippen molar-refractivity contribution in [2.24, 2.45) is 0 Å². The highest BCUT2D eigenvalue weighted by Crippen LogP contribution is 2.11. The molecule has 2 atom stereocenters. The Morgan fingerprint density at radius 3 is 2.83 bits per heavy atom. The Bertz CT molecular complexity index is 372. The number of benzene rings is 1. The van der Waals surface area contributed by atoms with Gasteiger partial charge in [-0.15, -0.1) is 0 Å². The van der Waals surface area contributed by atoms with Crippen LogP contribution in [0.3, 0.4) is 0 Å². The molecular weight excluding hydrogens is 220 g/mol. The van der Waals surface area contributed by atoms with Crippen molar-refractivity contribution in [1.29, 1.82) is 0 Å². The lowest BCUT2D eigenvalue weighted by molar-refractivity contribution is 0.156. The third kappa shape index (κ3) is 3.69. The van der Waals surface area contributed by atoms with Gasteiger partial charge in [-0.05, 0) is 25.8 Å². The van der Waals surface area contributed by atoms with Crippen LogP contribution in [0.15, 0.2) is 42.5 Å². The molecule has 0 saturated carbocycles. The highest BCUT2D eigenvalue weighted by atomic mass is 15.2. The number of piperazine rings is 1. The van der Waals surface area contributed by atoms with E-state index in [-0.39, 0.29) is 0 Å². The molecule has 1 fully saturated rings. The van der Waals surface area contributed by atoms with E-state index in [1.165, 1.54) is 5.56 Å². The first-order valence-corrected chi connectivity index (χ1v) is 6.92. The largest absolute Gasteiger partial charge is 0.311 e. The summed E-state index contributed by atoms with van der Waals surface area (Å²) in [5, 5.41) is 3.66. The van der Waals surface area contributed by atoms with Crippen molar-refractivity contribution >= 4 is 0 Å². The molecule has 98 valence electrons. The lowest BCUT2D eigenvalue weighted by Gasteiger charge is -2.38. The van der Waals surface area contributed by atoms with E-state index in [1.54, 1.807) is 0 Å². The van der Waals surface area contributed by atoms with Gasteiger partial charge in [-0.3, -0.25) is 4.90 Å². The van der Waals surface area contributed by atoms with E-state index in [1.807, 2.05) is 0 Å². The fourth-order valence-corrected chi connectivity index (χ4v) is 2.52. The van der Waals surface area contributed by atoms with Gasteiger partial charge in [-0.25, -0.2) is 0 Å². The minimum Gasteiger partial charge on any atom is -0.311 e. The van der Waals surface area contributed by atoms with Gasteiger partial charge in [0.1, 0.15) is 0 Å². The molecule has 1 heterocycles. The second kappa shape index (κ2) is 6.72. The first-order valence-electron chi connectivity index (χ1n) is 6.92. The van der Waals surface area contributed by atoms with Crippen molar-refractivity contribution in [2.45, 2.75) is 32.4 Å². The SMILES string of the molecule is C/C=C/CN1CC(Cc2ccccc2)NCC1C. The molecule has 2 unspecified atom stereocenters. The Hall–Kier alpha value is -1.12. The zero-order valence-electron chi connectivity index (χ0n) is 11.5. The van der Waals surface area contributed by atoms with Gasteiger partial charge in [0.25, 0.3) is 0 Å². The monoisotopic (exact) mass is 244 g/mol. The average Bonchev–Trinajstić information content (AvgIpc) is 2.40. The fraction of sp³-hybridized carbons (Fsp3) is 0.500. The van der Waals surface area contributed by atoms with E-state index in [2.05, 4.69) is 66.5 Å². The van der Waals surface area contributed by atoms with Crippen molar-refractivity contribution in [1.82, 2.24) is 10.2 Å². The Labute approximate surface area is 111 Å². The van der Waals surface area contributed by atoms with E-state index in [0.717, 1.165) is 26.1 Å². The van der Waals surface area contributed by atoms with E-state index in [0.29, 0.717) is 12.1 Å². The molecule has 0 aromatic heterocycles. The van der Waals surface area contributed by atoms with Crippen molar-refractivity contribution in [3.8, 4) is 0 Å². The van der Waals surface area contributed by atoms with E-state index in [4.69, 9.17) is 0 Å². The second-order valence-electron chi connectivity index (χ2n) is 5.17. The summed E-state index contributed by atoms with van der Waals surface area (Å²) in [6.07, 6.45) is 5.52. The number of hydrogen-bond acceptors (Lipinski definition) is 2. The Morgan fingerprint density at radius 2 is 2.11 bits per heavy atom. The summed E-state index contributed by atoms with van der Waals surface area (Å²) in [6.45, 7) is 7.70. The van der Waals surface area contributed by atoms with E-state index >= 15 is 0 Å². The molecule has 1 aromatic carbocycles. The van der Waals surface area contributed by atoms with E-state index in [9.17, 15) is 0 Å². The van der Waals surface area contributed by atoms with Gasteiger partial charge in [0.05, 0.1) is 0 Å². The maximum absolute atomic E-state index is 3.66. The predicted octanol–water partition coefficient (Wildman–Crippen LogP) is 2.47. The van der Waals surface area contributed by atoms with Gasteiger partial charge >= 0.3 is 0 Å². The molecule has 2 nitrogen and oxygen atoms in total. The number of nitrogens with one attached hydrogen (secondary N) is 1. The zero-order chi connectivity index (χ0) is 12.8. The van der Waals surface area contributed by atoms with Crippen LogP contribution in [0.5, 0.6) is 0 Å². The number of hydrogen-bond donors (Lipinski definition) is 1. The molecule has 18 heavy (non-hydrogen) atoms. The molecule has 0 bridgehead atoms. The second-order valence-corrected chi connectivity index (χ2v) is 5.17. The Balaban J connectivity index is 1.90. The molecular formula is C16H24N2. The molecule has 1 saturated heterocycles. The highest BCUT2D eigenvalue weighted by Gasteiger charge is 2.23. The smallest absolute Gasteiger partial charge is 0.0236 e. The van der Waals surface area contributed by atoms with Crippen molar-refractivity contribution in [3.05, 3.63) is 48.0 Å². The van der Waals surface area contributed by atoms with Gasteiger partial charge in [0.15, 0.2) is 0 Å². The summed E-state index contributed by atoms with van der Waals surface area (Å²) in [6, 6.07) is 12.0. The van der Waals surface area contributed by atoms with E-state index < -0.39 is 0 Å². The normalized spacial score (nSPS) is 25.7. The first-order chi connectivity index (χ1) is 8.79. The van der Waals surface area contributed by atoms with Crippen LogP contribution in [-0.2, 0) is 6.42 Å². The third-order valence-electron chi connectivity index (χ3n) is 3.68. The molecule has 0 spiro atoms. The number of allylic oxidation sites excluding steroid dienone is 1. The topological polar surface area (TPSA) is 15.3 Å². The fourth-order valence-electron chi connectivity index (χ4n) is 2.52. The molecule has 2 rings (SSSR count). The molecule has 2 heteroatoms. The Kier molecular flexibility index (Phi) is 4.97. The van der Waals surface area contributed by atoms with Crippen LogP contribution in [0.25, 0.3) is 0 Å². The van der Waals surface area contributed by atoms with Gasteiger partial charge in [0, 0.05) is 31.7 Å². The van der Waals surface area contributed by atoms with Crippen LogP contribution in [-0.4, -0.2) is 36.6 Å². The maximum atomic E-state index is 3.66. The standard InChI is InChI=1S/C16H24N2/c1-3-4-10-18-13-16(17-12-14(18)2)11-15-8-6-5-7-9-15/h3-9,14,16-17H,10-13H2,1-2H3/b4-3+. The molecule has 1 aliphatic heterocycles. The van der Waals surface area contributed by atoms with Crippen molar-refractivity contribution < 1.29 is 0 Å². The zero-order valence-corrected chi connectivity index (χ0v) is 11.5. The summed E-state index contributed by atoms with van der Waals surface area (Å²) >= 11 is 0. The van der Waals surface area contributed by atoms with Crippen LogP contribution < -0.4 is 5.32 Å². The Morgan fingerprint density at radius 1 is 1.33 bits per heavy atom. The molecule has 1 N–H and O–H groups in total. The van der Waals surface area contributed by atoms with Gasteiger partial charge < -0.3 is 5.32 Å². The molecule has 0 aliphatic carbocycles. The summed E-state index contributed by atoms with van der Waals surface area (Å²) in [7, 11) is 0. The third-order valence-corrected chi connectivity index (χ3v) is 3.68. The average molecular weight is 244 g/mol. The summed E-state index contributed by atoms with van der Waals surface area (Å²) in [4.78, 5) is 2.56. The van der Waals surface area contributed by atoms with Gasteiger partial charge in [-0.2, -0.15) is 0 Å². The number of nitrogens with zero attached hydrogens (tertiary/aromatic N) is 1. The maximum Gasteiger partial charge on any atom is 0.0236 e. The quantitative estimate of drug-likeness (QED) is 0.819. The minimum atomic E-state index is 0.578. The van der Waals surface area contributed by atoms with Crippen molar-refractivity contribution in [3.63, 3.8) is 0 Å². The van der Waals surface area contributed by atoms with Crippen LogP contribution in [0, 0.1) is 0 Å². The van der Waals surface area contributed by atoms with Gasteiger partial charge in [-0.1, -0.05) is 42.5 Å². The molecule has 1 aliphatic rings. The predicted molar refractivity (Wildman–Crippen MR) is 77.8 cm³/mol. The molecule has 0 radical (unpaired) electrons. The van der Waals surface area contributed by atoms with Crippen LogP contribution in [0.1, 0.15) is 19.4 Å². The lowest BCUT2D eigenvalue weighted by atomic mass is 10.0. The molecule has 0 amide bonds. The lowest BCUT2D eigenvalue weighted by Crippen LogP contribution is -2.56. The summed E-state index contributed by atoms with van der Waals surface area (Å²) in [5.41, 5.74) is 1.43. The van der Waals surface area contributed by atoms with Crippen LogP contribution in [0.2, 0.25) is 0 Å². The summed E-state index contributed by atoms with van der Waals surface area (Å²) in [5.74, 6) is 0. The van der Waals surface area contributed by atoms with Crippen molar-refractivity contribution in [2.75, 3.05) is 19.6 Å².